The van der Waals surface area contributed by atoms with Crippen LogP contribution in [-0.2, 0) is 29.1 Å². The van der Waals surface area contributed by atoms with Gasteiger partial charge in [-0.15, -0.1) is 0 Å². The fraction of sp³-hybridized carbons (Fsp3) is 0.826. The molecule has 0 aromatic carbocycles. The Balaban J connectivity index is 2.62. The predicted octanol–water partition coefficient (Wildman–Crippen LogP) is 3.81. The molecule has 1 aliphatic carbocycles. The quantitative estimate of drug-likeness (QED) is 0.266. The van der Waals surface area contributed by atoms with Crippen LogP contribution in [0.15, 0.2) is 0 Å². The summed E-state index contributed by atoms with van der Waals surface area (Å²) in [6, 6.07) is 0. The van der Waals surface area contributed by atoms with Crippen molar-refractivity contribution in [2.24, 2.45) is 0 Å². The highest BCUT2D eigenvalue weighted by molar-refractivity contribution is 7.88. The van der Waals surface area contributed by atoms with Crippen LogP contribution in [0.3, 0.4) is 0 Å². The van der Waals surface area contributed by atoms with Crippen LogP contribution < -0.4 is 0 Å². The van der Waals surface area contributed by atoms with Gasteiger partial charge in [0.2, 0.25) is 10.0 Å². The lowest BCUT2D eigenvalue weighted by Gasteiger charge is -2.30. The van der Waals surface area contributed by atoms with Gasteiger partial charge in [0.05, 0.1) is 19.4 Å². The van der Waals surface area contributed by atoms with Crippen LogP contribution in [0, 0.1) is 11.8 Å². The van der Waals surface area contributed by atoms with E-state index in [1.807, 2.05) is 0 Å². The molecule has 0 saturated heterocycles. The molecular weight excluding hydrogens is 418 g/mol. The Kier molecular flexibility index (Phi) is 12.8. The van der Waals surface area contributed by atoms with Crippen LogP contribution in [0.5, 0.6) is 0 Å². The maximum Gasteiger partial charge on any atom is 0.305 e. The van der Waals surface area contributed by atoms with Crippen LogP contribution in [0.25, 0.3) is 0 Å². The number of unbranched alkanes of at least 4 members (excludes halogenated alkanes) is 3. The first-order valence-electron chi connectivity index (χ1n) is 11.5. The average molecular weight is 458 g/mol. The lowest BCUT2D eigenvalue weighted by molar-refractivity contribution is -0.153. The highest BCUT2D eigenvalue weighted by Crippen LogP contribution is 2.29. The van der Waals surface area contributed by atoms with Crippen molar-refractivity contribution in [2.75, 3.05) is 26.0 Å². The smallest absolute Gasteiger partial charge is 0.305 e. The molecule has 8 heteroatoms. The number of carbonyl (C=O) groups is 2. The standard InChI is InChI=1S/C23H39NO6S/c1-4-29-22(26)15-10-6-9-13-19-24(31(3,27)28)20-14-18-23(30-21(2)25)16-11-7-5-8-12-17-23/h4-13,15-17,19-20H2,1-3H3. The molecule has 1 rings (SSSR count). The fourth-order valence-electron chi connectivity index (χ4n) is 3.80. The van der Waals surface area contributed by atoms with Crippen LogP contribution in [0.1, 0.15) is 90.9 Å². The third-order valence-corrected chi connectivity index (χ3v) is 6.63. The predicted molar refractivity (Wildman–Crippen MR) is 121 cm³/mol. The summed E-state index contributed by atoms with van der Waals surface area (Å²) in [6.07, 6.45) is 11.4. The number of rotatable bonds is 11. The van der Waals surface area contributed by atoms with Gasteiger partial charge in [0, 0.05) is 19.9 Å². The van der Waals surface area contributed by atoms with E-state index in [0.717, 1.165) is 44.9 Å². The van der Waals surface area contributed by atoms with E-state index in [1.165, 1.54) is 23.9 Å². The van der Waals surface area contributed by atoms with E-state index in [1.54, 1.807) is 6.92 Å². The van der Waals surface area contributed by atoms with Crippen molar-refractivity contribution < 1.29 is 27.5 Å². The van der Waals surface area contributed by atoms with Crippen LogP contribution in [0.4, 0.5) is 0 Å². The van der Waals surface area contributed by atoms with Gasteiger partial charge < -0.3 is 9.47 Å². The van der Waals surface area contributed by atoms with Gasteiger partial charge in [-0.25, -0.2) is 8.42 Å². The van der Waals surface area contributed by atoms with E-state index in [0.29, 0.717) is 38.8 Å². The topological polar surface area (TPSA) is 90.0 Å². The SMILES string of the molecule is CCOC(=O)CCCCCCN(CC#CC1(OC(C)=O)CCCCCCC1)S(C)(=O)=O. The highest BCUT2D eigenvalue weighted by Gasteiger charge is 2.31. The molecule has 7 nitrogen and oxygen atoms in total. The molecule has 1 aliphatic rings. The van der Waals surface area contributed by atoms with Crippen LogP contribution >= 0.6 is 0 Å². The molecule has 1 fully saturated rings. The summed E-state index contributed by atoms with van der Waals surface area (Å²) in [7, 11) is -3.39. The summed E-state index contributed by atoms with van der Waals surface area (Å²) >= 11 is 0. The van der Waals surface area contributed by atoms with Crippen molar-refractivity contribution in [3.8, 4) is 11.8 Å². The zero-order chi connectivity index (χ0) is 23.2. The number of hydrogen-bond acceptors (Lipinski definition) is 6. The van der Waals surface area contributed by atoms with E-state index in [9.17, 15) is 18.0 Å². The van der Waals surface area contributed by atoms with Gasteiger partial charge in [-0.1, -0.05) is 43.9 Å². The van der Waals surface area contributed by atoms with Gasteiger partial charge >= 0.3 is 11.9 Å². The maximum absolute atomic E-state index is 12.2. The van der Waals surface area contributed by atoms with Gasteiger partial charge in [0.15, 0.2) is 5.60 Å². The summed E-state index contributed by atoms with van der Waals surface area (Å²) in [4.78, 5) is 23.0. The van der Waals surface area contributed by atoms with E-state index >= 15 is 0 Å². The molecule has 0 spiro atoms. The fourth-order valence-corrected chi connectivity index (χ4v) is 4.56. The van der Waals surface area contributed by atoms with Crippen molar-refractivity contribution in [1.82, 2.24) is 4.31 Å². The highest BCUT2D eigenvalue weighted by atomic mass is 32.2. The molecule has 0 aromatic heterocycles. The minimum Gasteiger partial charge on any atom is -0.466 e. The number of ether oxygens (including phenoxy) is 2. The van der Waals surface area contributed by atoms with Crippen molar-refractivity contribution in [2.45, 2.75) is 96.5 Å². The Labute approximate surface area is 188 Å². The molecule has 0 N–H and O–H groups in total. The van der Waals surface area contributed by atoms with Crippen LogP contribution in [0.2, 0.25) is 0 Å². The largest absolute Gasteiger partial charge is 0.466 e. The van der Waals surface area contributed by atoms with E-state index in [4.69, 9.17) is 9.47 Å². The second-order valence-corrected chi connectivity index (χ2v) is 10.2. The Morgan fingerprint density at radius 1 is 1.00 bits per heavy atom. The van der Waals surface area contributed by atoms with E-state index < -0.39 is 15.6 Å². The Bertz CT molecular complexity index is 714. The Hall–Kier alpha value is -1.59. The molecule has 1 saturated carbocycles. The second-order valence-electron chi connectivity index (χ2n) is 8.22. The first-order chi connectivity index (χ1) is 14.7. The third kappa shape index (κ3) is 12.1. The summed E-state index contributed by atoms with van der Waals surface area (Å²) in [5.74, 6) is 5.58. The summed E-state index contributed by atoms with van der Waals surface area (Å²) in [6.45, 7) is 4.04. The molecule has 0 bridgehead atoms. The van der Waals surface area contributed by atoms with Gasteiger partial charge in [-0.05, 0) is 45.4 Å². The van der Waals surface area contributed by atoms with Crippen molar-refractivity contribution in [3.63, 3.8) is 0 Å². The number of sulfonamides is 1. The first-order valence-corrected chi connectivity index (χ1v) is 13.3. The molecular formula is C23H39NO6S. The molecule has 0 heterocycles. The first kappa shape index (κ1) is 27.4. The van der Waals surface area contributed by atoms with E-state index in [-0.39, 0.29) is 18.5 Å². The minimum atomic E-state index is -3.39. The van der Waals surface area contributed by atoms with Crippen molar-refractivity contribution >= 4 is 22.0 Å². The monoisotopic (exact) mass is 457 g/mol. The normalized spacial score (nSPS) is 16.5. The molecule has 0 atom stereocenters. The summed E-state index contributed by atoms with van der Waals surface area (Å²) in [5, 5.41) is 0. The number of esters is 2. The molecule has 0 aliphatic heterocycles. The number of nitrogens with zero attached hydrogens (tertiary/aromatic N) is 1. The average Bonchev–Trinajstić information content (AvgIpc) is 2.65. The Morgan fingerprint density at radius 3 is 2.19 bits per heavy atom. The molecule has 0 amide bonds. The molecule has 0 radical (unpaired) electrons. The zero-order valence-corrected chi connectivity index (χ0v) is 20.2. The zero-order valence-electron chi connectivity index (χ0n) is 19.4. The third-order valence-electron chi connectivity index (χ3n) is 5.38. The summed E-state index contributed by atoms with van der Waals surface area (Å²) in [5.41, 5.74) is -0.803. The van der Waals surface area contributed by atoms with Crippen molar-refractivity contribution in [3.05, 3.63) is 0 Å². The van der Waals surface area contributed by atoms with Gasteiger partial charge in [-0.2, -0.15) is 4.31 Å². The van der Waals surface area contributed by atoms with Crippen molar-refractivity contribution in [1.29, 1.82) is 0 Å². The molecule has 178 valence electrons. The Morgan fingerprint density at radius 2 is 1.61 bits per heavy atom. The van der Waals surface area contributed by atoms with Gasteiger partial charge in [-0.3, -0.25) is 9.59 Å². The van der Waals surface area contributed by atoms with Gasteiger partial charge in [0.25, 0.3) is 0 Å². The lowest BCUT2D eigenvalue weighted by atomic mass is 9.87. The van der Waals surface area contributed by atoms with Crippen LogP contribution in [-0.4, -0.2) is 56.2 Å². The van der Waals surface area contributed by atoms with Gasteiger partial charge in [0.1, 0.15) is 0 Å². The van der Waals surface area contributed by atoms with E-state index in [2.05, 4.69) is 11.8 Å². The molecule has 0 unspecified atom stereocenters. The number of hydrogen-bond donors (Lipinski definition) is 0. The lowest BCUT2D eigenvalue weighted by Crippen LogP contribution is -2.35. The summed E-state index contributed by atoms with van der Waals surface area (Å²) < 4.78 is 36.2. The number of carbonyl (C=O) groups excluding carboxylic acids is 2. The molecule has 0 aromatic rings. The maximum atomic E-state index is 12.2. The minimum absolute atomic E-state index is 0.0880. The molecule has 31 heavy (non-hydrogen) atoms. The second kappa shape index (κ2) is 14.5.